The molecule has 4 rings (SSSR count). The van der Waals surface area contributed by atoms with Crippen LogP contribution in [0.25, 0.3) is 0 Å². The molecule has 6 nitrogen and oxygen atoms in total. The molecule has 0 amide bonds. The maximum Gasteiger partial charge on any atom is 0.257 e. The monoisotopic (exact) mass is 362 g/mol. The highest BCUT2D eigenvalue weighted by Gasteiger charge is 2.30. The number of rotatable bonds is 4. The molecule has 0 saturated heterocycles. The second kappa shape index (κ2) is 6.93. The van der Waals surface area contributed by atoms with Crippen molar-refractivity contribution in [1.82, 2.24) is 9.55 Å². The standard InChI is InChI=1S/C21H22N4O2/c1-21(27,17-9-4-2-5-10-17)16-24-13-8-14-25-19(26)15-18(22-20(24)25)23-11-6-3-7-12-23/h2,4-6,9-11,15,27H,8,12-14,16H2,1H3. The van der Waals surface area contributed by atoms with Crippen LogP contribution < -0.4 is 15.4 Å². The summed E-state index contributed by atoms with van der Waals surface area (Å²) < 4.78 is 1.69. The van der Waals surface area contributed by atoms with Crippen LogP contribution in [0.1, 0.15) is 18.9 Å². The Balaban J connectivity index is 1.68. The first kappa shape index (κ1) is 17.4. The van der Waals surface area contributed by atoms with E-state index in [0.717, 1.165) is 18.5 Å². The van der Waals surface area contributed by atoms with Gasteiger partial charge in [-0.2, -0.15) is 4.98 Å². The molecule has 0 bridgehead atoms. The summed E-state index contributed by atoms with van der Waals surface area (Å²) in [4.78, 5) is 21.3. The van der Waals surface area contributed by atoms with E-state index >= 15 is 0 Å². The van der Waals surface area contributed by atoms with Crippen molar-refractivity contribution in [3.8, 4) is 11.8 Å². The quantitative estimate of drug-likeness (QED) is 0.839. The highest BCUT2D eigenvalue weighted by atomic mass is 16.3. The maximum absolute atomic E-state index is 12.7. The molecule has 0 radical (unpaired) electrons. The predicted octanol–water partition coefficient (Wildman–Crippen LogP) is 1.70. The number of aromatic nitrogens is 2. The molecule has 1 aromatic carbocycles. The first-order chi connectivity index (χ1) is 13.0. The molecular weight excluding hydrogens is 340 g/mol. The minimum Gasteiger partial charge on any atom is -0.384 e. The number of benzene rings is 1. The minimum absolute atomic E-state index is 0.0778. The van der Waals surface area contributed by atoms with Crippen LogP contribution in [0.3, 0.4) is 0 Å². The number of aliphatic hydroxyl groups is 1. The molecule has 3 heterocycles. The Kier molecular flexibility index (Phi) is 4.46. The summed E-state index contributed by atoms with van der Waals surface area (Å²) in [5.74, 6) is 7.07. The predicted molar refractivity (Wildman–Crippen MR) is 106 cm³/mol. The fourth-order valence-corrected chi connectivity index (χ4v) is 3.54. The normalized spacial score (nSPS) is 17.7. The lowest BCUT2D eigenvalue weighted by molar-refractivity contribution is 0.0632. The van der Waals surface area contributed by atoms with Gasteiger partial charge in [0.15, 0.2) is 0 Å². The molecule has 1 aromatic heterocycles. The van der Waals surface area contributed by atoms with E-state index in [1.165, 1.54) is 0 Å². The van der Waals surface area contributed by atoms with Crippen molar-refractivity contribution in [3.63, 3.8) is 0 Å². The number of nitrogens with zero attached hydrogens (tertiary/aromatic N) is 4. The van der Waals surface area contributed by atoms with Crippen LogP contribution in [-0.2, 0) is 12.1 Å². The third kappa shape index (κ3) is 3.46. The molecule has 138 valence electrons. The summed E-state index contributed by atoms with van der Waals surface area (Å²) in [7, 11) is 0. The number of hydrogen-bond donors (Lipinski definition) is 1. The SMILES string of the molecule is CC(O)(CN1CCCn2c1nc(N1C=CC#CC1)cc2=O)c1ccccc1. The smallest absolute Gasteiger partial charge is 0.257 e. The fraction of sp³-hybridized carbons (Fsp3) is 0.333. The number of hydrogen-bond acceptors (Lipinski definition) is 5. The average molecular weight is 362 g/mol. The molecule has 0 spiro atoms. The van der Waals surface area contributed by atoms with Gasteiger partial charge in [-0.05, 0) is 18.9 Å². The van der Waals surface area contributed by atoms with E-state index in [1.807, 2.05) is 46.3 Å². The summed E-state index contributed by atoms with van der Waals surface area (Å²) in [6.07, 6.45) is 4.43. The van der Waals surface area contributed by atoms with Crippen molar-refractivity contribution in [3.05, 3.63) is 64.6 Å². The van der Waals surface area contributed by atoms with Crippen LogP contribution in [0, 0.1) is 11.8 Å². The fourth-order valence-electron chi connectivity index (χ4n) is 3.54. The van der Waals surface area contributed by atoms with Crippen LogP contribution in [0.2, 0.25) is 0 Å². The minimum atomic E-state index is -1.05. The second-order valence-corrected chi connectivity index (χ2v) is 7.08. The summed E-state index contributed by atoms with van der Waals surface area (Å²) >= 11 is 0. The molecule has 1 N–H and O–H groups in total. The van der Waals surface area contributed by atoms with Gasteiger partial charge in [-0.3, -0.25) is 9.36 Å². The zero-order chi connectivity index (χ0) is 18.9. The van der Waals surface area contributed by atoms with E-state index in [-0.39, 0.29) is 5.56 Å². The number of allylic oxidation sites excluding steroid dienone is 1. The van der Waals surface area contributed by atoms with E-state index < -0.39 is 5.60 Å². The van der Waals surface area contributed by atoms with E-state index in [4.69, 9.17) is 4.98 Å². The van der Waals surface area contributed by atoms with Crippen LogP contribution in [0.4, 0.5) is 11.8 Å². The zero-order valence-electron chi connectivity index (χ0n) is 15.3. The Hall–Kier alpha value is -3.04. The third-order valence-electron chi connectivity index (χ3n) is 4.95. The molecule has 0 saturated carbocycles. The van der Waals surface area contributed by atoms with Crippen LogP contribution in [-0.4, -0.2) is 34.3 Å². The Bertz CT molecular complexity index is 983. The van der Waals surface area contributed by atoms with Gasteiger partial charge in [0, 0.05) is 31.4 Å². The van der Waals surface area contributed by atoms with Crippen LogP contribution in [0.5, 0.6) is 0 Å². The third-order valence-corrected chi connectivity index (χ3v) is 4.95. The Labute approximate surface area is 158 Å². The van der Waals surface area contributed by atoms with Gasteiger partial charge in [0.05, 0.1) is 13.1 Å². The van der Waals surface area contributed by atoms with Gasteiger partial charge in [-0.25, -0.2) is 0 Å². The van der Waals surface area contributed by atoms with E-state index in [0.29, 0.717) is 31.4 Å². The lowest BCUT2D eigenvalue weighted by Crippen LogP contribution is -2.45. The highest BCUT2D eigenvalue weighted by Crippen LogP contribution is 2.27. The molecule has 1 atom stereocenters. The lowest BCUT2D eigenvalue weighted by Gasteiger charge is -2.36. The Morgan fingerprint density at radius 3 is 2.81 bits per heavy atom. The number of anilines is 2. The highest BCUT2D eigenvalue weighted by molar-refractivity contribution is 5.51. The molecule has 6 heteroatoms. The van der Waals surface area contributed by atoms with Crippen molar-refractivity contribution >= 4 is 11.8 Å². The number of β-amino-alcohol motifs (C(OH)–C–C–N with tert-alkyl or cyclic N) is 1. The summed E-state index contributed by atoms with van der Waals surface area (Å²) in [5.41, 5.74) is -0.283. The van der Waals surface area contributed by atoms with Gasteiger partial charge in [0.2, 0.25) is 5.95 Å². The largest absolute Gasteiger partial charge is 0.384 e. The van der Waals surface area contributed by atoms with Crippen molar-refractivity contribution in [2.24, 2.45) is 0 Å². The van der Waals surface area contributed by atoms with Crippen molar-refractivity contribution in [2.75, 3.05) is 29.4 Å². The molecule has 27 heavy (non-hydrogen) atoms. The molecule has 2 aliphatic heterocycles. The lowest BCUT2D eigenvalue weighted by atomic mass is 9.95. The van der Waals surface area contributed by atoms with E-state index in [1.54, 1.807) is 23.6 Å². The van der Waals surface area contributed by atoms with Crippen LogP contribution in [0.15, 0.2) is 53.5 Å². The molecule has 0 fully saturated rings. The van der Waals surface area contributed by atoms with Gasteiger partial charge in [-0.15, -0.1) is 0 Å². The molecular formula is C21H22N4O2. The summed E-state index contributed by atoms with van der Waals surface area (Å²) in [6.45, 7) is 4.05. The first-order valence-corrected chi connectivity index (χ1v) is 9.11. The summed E-state index contributed by atoms with van der Waals surface area (Å²) in [5, 5.41) is 11.1. The molecule has 0 aliphatic carbocycles. The Morgan fingerprint density at radius 2 is 2.07 bits per heavy atom. The Morgan fingerprint density at radius 1 is 1.26 bits per heavy atom. The molecule has 1 unspecified atom stereocenters. The van der Waals surface area contributed by atoms with Gasteiger partial charge in [0.25, 0.3) is 5.56 Å². The number of fused-ring (bicyclic) bond motifs is 1. The summed E-state index contributed by atoms with van der Waals surface area (Å²) in [6, 6.07) is 11.1. The topological polar surface area (TPSA) is 61.6 Å². The zero-order valence-corrected chi connectivity index (χ0v) is 15.3. The molecule has 2 aliphatic rings. The van der Waals surface area contributed by atoms with Crippen LogP contribution >= 0.6 is 0 Å². The van der Waals surface area contributed by atoms with Crippen molar-refractivity contribution in [1.29, 1.82) is 0 Å². The maximum atomic E-state index is 12.7. The van der Waals surface area contributed by atoms with Gasteiger partial charge in [0.1, 0.15) is 11.4 Å². The van der Waals surface area contributed by atoms with Gasteiger partial charge >= 0.3 is 0 Å². The van der Waals surface area contributed by atoms with Crippen molar-refractivity contribution < 1.29 is 5.11 Å². The first-order valence-electron chi connectivity index (χ1n) is 9.11. The molecule has 2 aromatic rings. The average Bonchev–Trinajstić information content (AvgIpc) is 2.70. The van der Waals surface area contributed by atoms with Crippen molar-refractivity contribution in [2.45, 2.75) is 25.5 Å². The van der Waals surface area contributed by atoms with E-state index in [9.17, 15) is 9.90 Å². The van der Waals surface area contributed by atoms with Gasteiger partial charge in [-0.1, -0.05) is 42.2 Å². The van der Waals surface area contributed by atoms with E-state index in [2.05, 4.69) is 11.8 Å². The second-order valence-electron chi connectivity index (χ2n) is 7.08. The van der Waals surface area contributed by atoms with Gasteiger partial charge < -0.3 is 14.9 Å².